The Morgan fingerprint density at radius 2 is 1.67 bits per heavy atom. The van der Waals surface area contributed by atoms with Crippen LogP contribution in [0.4, 0.5) is 0 Å². The lowest BCUT2D eigenvalue weighted by atomic mass is 9.44. The summed E-state index contributed by atoms with van der Waals surface area (Å²) in [6.07, 6.45) is 15.8. The summed E-state index contributed by atoms with van der Waals surface area (Å²) in [6, 6.07) is 0. The fourth-order valence-electron chi connectivity index (χ4n) is 9.46. The molecule has 1 unspecified atom stereocenters. The third-order valence-corrected chi connectivity index (χ3v) is 10.9. The second-order valence-electron chi connectivity index (χ2n) is 13.5. The van der Waals surface area contributed by atoms with Crippen molar-refractivity contribution in [2.75, 3.05) is 0 Å². The molecule has 4 aliphatic rings. The van der Waals surface area contributed by atoms with E-state index in [4.69, 9.17) is 0 Å². The maximum atomic E-state index is 11.5. The van der Waals surface area contributed by atoms with Crippen LogP contribution >= 0.6 is 0 Å². The Morgan fingerprint density at radius 3 is 2.37 bits per heavy atom. The number of hydrogen-bond donors (Lipinski definition) is 1. The number of hydrogen-bond acceptors (Lipinski definition) is 1. The van der Waals surface area contributed by atoms with Gasteiger partial charge in [0.1, 0.15) is 0 Å². The molecule has 30 heavy (non-hydrogen) atoms. The lowest BCUT2D eigenvalue weighted by Gasteiger charge is -2.61. The van der Waals surface area contributed by atoms with Gasteiger partial charge in [-0.2, -0.15) is 0 Å². The molecular weight excluding hydrogens is 364 g/mol. The lowest BCUT2D eigenvalue weighted by Crippen LogP contribution is -2.56. The molecule has 3 saturated carbocycles. The van der Waals surface area contributed by atoms with E-state index in [1.165, 1.54) is 64.2 Å². The summed E-state index contributed by atoms with van der Waals surface area (Å²) in [6.45, 7) is 17.3. The molecule has 0 aliphatic heterocycles. The summed E-state index contributed by atoms with van der Waals surface area (Å²) in [5.74, 6) is 4.46. The summed E-state index contributed by atoms with van der Waals surface area (Å²) in [5.41, 5.74) is 2.65. The van der Waals surface area contributed by atoms with Crippen molar-refractivity contribution < 1.29 is 5.11 Å². The second-order valence-corrected chi connectivity index (χ2v) is 13.5. The first-order valence-corrected chi connectivity index (χ1v) is 13.4. The average molecular weight is 415 g/mol. The van der Waals surface area contributed by atoms with E-state index in [1.54, 1.807) is 5.57 Å². The van der Waals surface area contributed by atoms with Crippen LogP contribution in [0.25, 0.3) is 0 Å². The minimum Gasteiger partial charge on any atom is -0.389 e. The fraction of sp³-hybridized carbons (Fsp3) is 0.931. The van der Waals surface area contributed by atoms with Gasteiger partial charge in [-0.3, -0.25) is 0 Å². The normalized spacial score (nSPS) is 46.0. The van der Waals surface area contributed by atoms with Crippen LogP contribution < -0.4 is 0 Å². The second kappa shape index (κ2) is 7.93. The smallest absolute Gasteiger partial charge is 0.0757 e. The maximum absolute atomic E-state index is 11.5. The van der Waals surface area contributed by atoms with Gasteiger partial charge in [0.15, 0.2) is 0 Å². The SMILES string of the molecule is CC(C)CCCC(C)[C@H]1CC[C@H]2[C@@H]3[C@@H](O)C=C4C(C)(C)CCC[C@]4(C)[C@H]3CC[C@]12C. The predicted molar refractivity (Wildman–Crippen MR) is 128 cm³/mol. The van der Waals surface area contributed by atoms with Crippen molar-refractivity contribution in [1.82, 2.24) is 0 Å². The Morgan fingerprint density at radius 1 is 0.933 bits per heavy atom. The lowest BCUT2D eigenvalue weighted by molar-refractivity contribution is -0.0987. The summed E-state index contributed by atoms with van der Waals surface area (Å²) in [4.78, 5) is 0. The van der Waals surface area contributed by atoms with E-state index in [0.717, 1.165) is 23.7 Å². The molecule has 0 aromatic rings. The van der Waals surface area contributed by atoms with Gasteiger partial charge in [0.2, 0.25) is 0 Å². The summed E-state index contributed by atoms with van der Waals surface area (Å²) in [7, 11) is 0. The molecule has 4 rings (SSSR count). The number of aliphatic hydroxyl groups excluding tert-OH is 1. The highest BCUT2D eigenvalue weighted by atomic mass is 16.3. The highest BCUT2D eigenvalue weighted by molar-refractivity contribution is 5.31. The molecule has 0 bridgehead atoms. The van der Waals surface area contributed by atoms with Gasteiger partial charge in [-0.1, -0.05) is 85.8 Å². The largest absolute Gasteiger partial charge is 0.389 e. The Balaban J connectivity index is 1.57. The van der Waals surface area contributed by atoms with Gasteiger partial charge >= 0.3 is 0 Å². The molecule has 0 spiro atoms. The van der Waals surface area contributed by atoms with Crippen molar-refractivity contribution in [2.24, 2.45) is 51.8 Å². The Kier molecular flexibility index (Phi) is 6.05. The van der Waals surface area contributed by atoms with Gasteiger partial charge in [-0.05, 0) is 90.3 Å². The highest BCUT2D eigenvalue weighted by Gasteiger charge is 2.62. The van der Waals surface area contributed by atoms with E-state index in [9.17, 15) is 5.11 Å². The molecule has 0 aromatic heterocycles. The molecule has 0 radical (unpaired) electrons. The van der Waals surface area contributed by atoms with Crippen LogP contribution in [0.5, 0.6) is 0 Å². The Labute approximate surface area is 187 Å². The first kappa shape index (κ1) is 22.9. The van der Waals surface area contributed by atoms with Gasteiger partial charge < -0.3 is 5.11 Å². The molecule has 1 nitrogen and oxygen atoms in total. The zero-order chi connectivity index (χ0) is 21.9. The van der Waals surface area contributed by atoms with E-state index in [2.05, 4.69) is 54.5 Å². The zero-order valence-corrected chi connectivity index (χ0v) is 21.1. The van der Waals surface area contributed by atoms with Crippen LogP contribution in [0.2, 0.25) is 0 Å². The predicted octanol–water partition coefficient (Wildman–Crippen LogP) is 8.02. The van der Waals surface area contributed by atoms with Crippen molar-refractivity contribution in [3.8, 4) is 0 Å². The first-order valence-electron chi connectivity index (χ1n) is 13.4. The van der Waals surface area contributed by atoms with Crippen LogP contribution in [-0.2, 0) is 0 Å². The van der Waals surface area contributed by atoms with Crippen molar-refractivity contribution in [2.45, 2.75) is 119 Å². The number of allylic oxidation sites excluding steroid dienone is 1. The van der Waals surface area contributed by atoms with Gasteiger partial charge in [0.05, 0.1) is 6.10 Å². The average Bonchev–Trinajstić information content (AvgIpc) is 3.00. The van der Waals surface area contributed by atoms with Gasteiger partial charge in [0, 0.05) is 0 Å². The first-order chi connectivity index (χ1) is 14.0. The molecule has 0 saturated heterocycles. The van der Waals surface area contributed by atoms with Gasteiger partial charge in [0.25, 0.3) is 0 Å². The van der Waals surface area contributed by atoms with Crippen LogP contribution in [0.1, 0.15) is 113 Å². The Bertz CT molecular complexity index is 659. The van der Waals surface area contributed by atoms with Crippen LogP contribution in [0.15, 0.2) is 11.6 Å². The van der Waals surface area contributed by atoms with Crippen LogP contribution in [-0.4, -0.2) is 11.2 Å². The number of aliphatic hydroxyl groups is 1. The minimum atomic E-state index is -0.213. The van der Waals surface area contributed by atoms with Crippen molar-refractivity contribution in [3.63, 3.8) is 0 Å². The fourth-order valence-corrected chi connectivity index (χ4v) is 9.46. The molecule has 0 amide bonds. The molecular formula is C29H50O. The monoisotopic (exact) mass is 414 g/mol. The molecule has 1 heteroatoms. The Hall–Kier alpha value is -0.300. The third-order valence-electron chi connectivity index (χ3n) is 10.9. The quantitative estimate of drug-likeness (QED) is 0.451. The molecule has 0 heterocycles. The van der Waals surface area contributed by atoms with E-state index in [-0.39, 0.29) is 11.5 Å². The minimum absolute atomic E-state index is 0.213. The highest BCUT2D eigenvalue weighted by Crippen LogP contribution is 2.68. The van der Waals surface area contributed by atoms with Gasteiger partial charge in [-0.15, -0.1) is 0 Å². The van der Waals surface area contributed by atoms with E-state index >= 15 is 0 Å². The van der Waals surface area contributed by atoms with Crippen molar-refractivity contribution in [3.05, 3.63) is 11.6 Å². The molecule has 8 atom stereocenters. The van der Waals surface area contributed by atoms with Crippen molar-refractivity contribution >= 4 is 0 Å². The molecule has 3 fully saturated rings. The van der Waals surface area contributed by atoms with Crippen LogP contribution in [0, 0.1) is 51.8 Å². The molecule has 172 valence electrons. The van der Waals surface area contributed by atoms with E-state index in [0.29, 0.717) is 22.7 Å². The zero-order valence-electron chi connectivity index (χ0n) is 21.1. The third kappa shape index (κ3) is 3.54. The summed E-state index contributed by atoms with van der Waals surface area (Å²) >= 11 is 0. The molecule has 4 aliphatic carbocycles. The topological polar surface area (TPSA) is 20.2 Å². The van der Waals surface area contributed by atoms with Crippen LogP contribution in [0.3, 0.4) is 0 Å². The summed E-state index contributed by atoms with van der Waals surface area (Å²) < 4.78 is 0. The molecule has 0 aromatic carbocycles. The molecule has 1 N–H and O–H groups in total. The summed E-state index contributed by atoms with van der Waals surface area (Å²) in [5, 5.41) is 11.5. The van der Waals surface area contributed by atoms with Crippen molar-refractivity contribution in [1.29, 1.82) is 0 Å². The maximum Gasteiger partial charge on any atom is 0.0757 e. The number of rotatable bonds is 5. The van der Waals surface area contributed by atoms with E-state index < -0.39 is 0 Å². The standard InChI is InChI=1S/C29H50O/c1-19(2)10-8-11-20(3)21-12-13-22-26-23(14-17-28(21,22)6)29(7)16-9-15-27(4,5)25(29)18-24(26)30/h18-24,26,30H,8-17H2,1-7H3/t20?,21-,22+,23+,24+,26+,28-,29-/m1/s1. The number of fused-ring (bicyclic) bond motifs is 5. The van der Waals surface area contributed by atoms with E-state index in [1.807, 2.05) is 0 Å². The van der Waals surface area contributed by atoms with Gasteiger partial charge in [-0.25, -0.2) is 0 Å².